The van der Waals surface area contributed by atoms with Crippen LogP contribution in [0.4, 0.5) is 4.39 Å². The summed E-state index contributed by atoms with van der Waals surface area (Å²) in [5, 5.41) is 0.653. The van der Waals surface area contributed by atoms with Crippen LogP contribution < -0.4 is 15.2 Å². The van der Waals surface area contributed by atoms with Gasteiger partial charge in [-0.3, -0.25) is 14.1 Å². The van der Waals surface area contributed by atoms with Gasteiger partial charge in [-0.1, -0.05) is 13.3 Å². The topological polar surface area (TPSA) is 74.4 Å². The van der Waals surface area contributed by atoms with E-state index in [9.17, 15) is 4.79 Å². The number of halogens is 1. The summed E-state index contributed by atoms with van der Waals surface area (Å²) in [5.41, 5.74) is 2.69. The van der Waals surface area contributed by atoms with Crippen LogP contribution in [-0.4, -0.2) is 56.9 Å². The monoisotopic (exact) mass is 505 g/mol. The number of aryl methyl sites for hydroxylation is 1. The van der Waals surface area contributed by atoms with Crippen molar-refractivity contribution in [1.82, 2.24) is 24.0 Å². The summed E-state index contributed by atoms with van der Waals surface area (Å²) in [6, 6.07) is 4.83. The Kier molecular flexibility index (Phi) is 6.32. The maximum absolute atomic E-state index is 15.5. The predicted octanol–water partition coefficient (Wildman–Crippen LogP) is 4.69. The van der Waals surface area contributed by atoms with Crippen molar-refractivity contribution in [1.29, 1.82) is 0 Å². The van der Waals surface area contributed by atoms with Crippen LogP contribution in [0.15, 0.2) is 35.4 Å². The fourth-order valence-corrected chi connectivity index (χ4v) is 5.68. The van der Waals surface area contributed by atoms with Crippen LogP contribution >= 0.6 is 0 Å². The van der Waals surface area contributed by atoms with E-state index in [0.717, 1.165) is 18.5 Å². The summed E-state index contributed by atoms with van der Waals surface area (Å²) in [7, 11) is 1.74. The lowest BCUT2D eigenvalue weighted by Gasteiger charge is -2.26. The van der Waals surface area contributed by atoms with Crippen LogP contribution in [-0.2, 0) is 7.05 Å². The van der Waals surface area contributed by atoms with Gasteiger partial charge in [0.25, 0.3) is 0 Å². The van der Waals surface area contributed by atoms with E-state index in [0.29, 0.717) is 52.2 Å². The highest BCUT2D eigenvalue weighted by Crippen LogP contribution is 2.44. The Morgan fingerprint density at radius 2 is 2.00 bits per heavy atom. The number of benzene rings is 1. The molecular formula is C28H32FN5O3. The number of likely N-dealkylation sites (tertiary alicyclic amines) is 1. The first kappa shape index (κ1) is 23.9. The molecule has 0 N–H and O–H groups in total. The quantitative estimate of drug-likeness (QED) is 0.340. The highest BCUT2D eigenvalue weighted by Gasteiger charge is 2.29. The van der Waals surface area contributed by atoms with Crippen molar-refractivity contribution in [3.63, 3.8) is 0 Å². The lowest BCUT2D eigenvalue weighted by molar-refractivity contribution is 0.203. The number of pyridine rings is 2. The lowest BCUT2D eigenvalue weighted by atomic mass is 10.0. The van der Waals surface area contributed by atoms with Crippen LogP contribution in [0.1, 0.15) is 45.1 Å². The third kappa shape index (κ3) is 4.15. The SMILES string of the molecule is CCC1COc2c(-c3ccc(OCCCN4CCCCC4)nc3)c(F)cc3ncc4c(c23)n1c(=O)n4C. The van der Waals surface area contributed by atoms with Crippen LogP contribution in [0.3, 0.4) is 0 Å². The van der Waals surface area contributed by atoms with Gasteiger partial charge in [0.1, 0.15) is 18.2 Å². The molecule has 2 aliphatic rings. The van der Waals surface area contributed by atoms with E-state index in [2.05, 4.69) is 14.9 Å². The van der Waals surface area contributed by atoms with Gasteiger partial charge in [-0.05, 0) is 44.8 Å². The molecule has 1 fully saturated rings. The average molecular weight is 506 g/mol. The number of ether oxygens (including phenoxy) is 2. The molecule has 0 spiro atoms. The molecule has 0 bridgehead atoms. The second-order valence-electron chi connectivity index (χ2n) is 10.0. The summed E-state index contributed by atoms with van der Waals surface area (Å²) in [6.45, 7) is 6.26. The van der Waals surface area contributed by atoms with Crippen molar-refractivity contribution >= 4 is 21.9 Å². The Hall–Kier alpha value is -3.46. The Labute approximate surface area is 214 Å². The Morgan fingerprint density at radius 3 is 2.76 bits per heavy atom. The minimum absolute atomic E-state index is 0.123. The third-order valence-electron chi connectivity index (χ3n) is 7.71. The molecule has 0 radical (unpaired) electrons. The van der Waals surface area contributed by atoms with E-state index >= 15 is 4.39 Å². The molecule has 37 heavy (non-hydrogen) atoms. The van der Waals surface area contributed by atoms with Gasteiger partial charge in [-0.2, -0.15) is 0 Å². The zero-order valence-corrected chi connectivity index (χ0v) is 21.4. The van der Waals surface area contributed by atoms with Gasteiger partial charge in [0, 0.05) is 37.5 Å². The van der Waals surface area contributed by atoms with E-state index in [1.54, 1.807) is 34.6 Å². The highest BCUT2D eigenvalue weighted by molar-refractivity contribution is 6.09. The summed E-state index contributed by atoms with van der Waals surface area (Å²) in [6.07, 6.45) is 8.81. The van der Waals surface area contributed by atoms with Crippen molar-refractivity contribution in [2.24, 2.45) is 7.05 Å². The molecule has 3 aromatic heterocycles. The molecule has 2 aliphatic heterocycles. The second kappa shape index (κ2) is 9.78. The van der Waals surface area contributed by atoms with Gasteiger partial charge in [0.2, 0.25) is 5.88 Å². The average Bonchev–Trinajstić information content (AvgIpc) is 3.06. The lowest BCUT2D eigenvalue weighted by Crippen LogP contribution is -2.31. The van der Waals surface area contributed by atoms with Crippen molar-refractivity contribution in [2.75, 3.05) is 32.8 Å². The van der Waals surface area contributed by atoms with Gasteiger partial charge in [0.05, 0.1) is 46.3 Å². The van der Waals surface area contributed by atoms with Gasteiger partial charge in [-0.15, -0.1) is 0 Å². The van der Waals surface area contributed by atoms with E-state index in [-0.39, 0.29) is 18.3 Å². The van der Waals surface area contributed by atoms with Crippen LogP contribution in [0.2, 0.25) is 0 Å². The Morgan fingerprint density at radius 1 is 1.16 bits per heavy atom. The van der Waals surface area contributed by atoms with Crippen LogP contribution in [0.5, 0.6) is 11.6 Å². The first-order chi connectivity index (χ1) is 18.1. The highest BCUT2D eigenvalue weighted by atomic mass is 19.1. The van der Waals surface area contributed by atoms with Crippen molar-refractivity contribution in [2.45, 2.75) is 45.1 Å². The molecule has 1 saturated heterocycles. The normalized spacial score (nSPS) is 17.9. The smallest absolute Gasteiger partial charge is 0.329 e. The molecule has 0 amide bonds. The fourth-order valence-electron chi connectivity index (χ4n) is 5.68. The third-order valence-corrected chi connectivity index (χ3v) is 7.71. The largest absolute Gasteiger partial charge is 0.490 e. The van der Waals surface area contributed by atoms with Crippen LogP contribution in [0, 0.1) is 5.82 Å². The number of piperidine rings is 1. The zero-order chi connectivity index (χ0) is 25.5. The number of aromatic nitrogens is 4. The molecule has 4 aromatic rings. The molecule has 1 atom stereocenters. The van der Waals surface area contributed by atoms with Gasteiger partial charge < -0.3 is 14.4 Å². The molecule has 1 aromatic carbocycles. The maximum atomic E-state index is 15.5. The van der Waals surface area contributed by atoms with Crippen molar-refractivity contribution in [3.8, 4) is 22.8 Å². The van der Waals surface area contributed by atoms with E-state index < -0.39 is 5.82 Å². The Balaban J connectivity index is 1.32. The fraction of sp³-hybridized carbons (Fsp3) is 0.464. The molecule has 1 unspecified atom stereocenters. The minimum atomic E-state index is -0.439. The first-order valence-corrected chi connectivity index (χ1v) is 13.2. The molecular weight excluding hydrogens is 473 g/mol. The predicted molar refractivity (Wildman–Crippen MR) is 141 cm³/mol. The first-order valence-electron chi connectivity index (χ1n) is 13.2. The number of hydrogen-bond acceptors (Lipinski definition) is 6. The van der Waals surface area contributed by atoms with Crippen LogP contribution in [0.25, 0.3) is 33.1 Å². The summed E-state index contributed by atoms with van der Waals surface area (Å²) in [5.74, 6) is 0.480. The van der Waals surface area contributed by atoms with Gasteiger partial charge in [0.15, 0.2) is 0 Å². The second-order valence-corrected chi connectivity index (χ2v) is 10.0. The molecule has 6 rings (SSSR count). The summed E-state index contributed by atoms with van der Waals surface area (Å²) in [4.78, 5) is 24.5. The molecule has 9 heteroatoms. The molecule has 5 heterocycles. The summed E-state index contributed by atoms with van der Waals surface area (Å²) >= 11 is 0. The Bertz CT molecular complexity index is 1510. The van der Waals surface area contributed by atoms with Crippen molar-refractivity contribution < 1.29 is 13.9 Å². The van der Waals surface area contributed by atoms with Crippen molar-refractivity contribution in [3.05, 3.63) is 46.9 Å². The number of rotatable bonds is 7. The van der Waals surface area contributed by atoms with Gasteiger partial charge in [-0.25, -0.2) is 14.2 Å². The number of nitrogens with zero attached hydrogens (tertiary/aromatic N) is 5. The zero-order valence-electron chi connectivity index (χ0n) is 21.4. The molecule has 0 saturated carbocycles. The molecule has 8 nitrogen and oxygen atoms in total. The van der Waals surface area contributed by atoms with E-state index in [1.165, 1.54) is 38.4 Å². The maximum Gasteiger partial charge on any atom is 0.329 e. The molecule has 0 aliphatic carbocycles. The number of hydrogen-bond donors (Lipinski definition) is 0. The molecule has 194 valence electrons. The minimum Gasteiger partial charge on any atom is -0.490 e. The summed E-state index contributed by atoms with van der Waals surface area (Å²) < 4.78 is 31.0. The van der Waals surface area contributed by atoms with E-state index in [1.807, 2.05) is 13.0 Å². The number of imidazole rings is 1. The van der Waals surface area contributed by atoms with E-state index in [4.69, 9.17) is 9.47 Å². The van der Waals surface area contributed by atoms with Gasteiger partial charge >= 0.3 is 5.69 Å². The standard InChI is InChI=1S/C28H32FN5O3/c1-3-19-17-37-27-24(18-8-9-23(31-15-18)36-13-7-12-33-10-5-4-6-11-33)20(29)14-21-25(27)26-22(16-30-21)32(2)28(35)34(19)26/h8-9,14-16,19H,3-7,10-13,17H2,1-2H3.